The van der Waals surface area contributed by atoms with E-state index in [9.17, 15) is 0 Å². The van der Waals surface area contributed by atoms with E-state index in [1.165, 1.54) is 0 Å². The number of rotatable bonds is 9. The molecule has 0 aromatic carbocycles. The van der Waals surface area contributed by atoms with Gasteiger partial charge in [0, 0.05) is 31.6 Å². The van der Waals surface area contributed by atoms with E-state index in [4.69, 9.17) is 10.5 Å². The van der Waals surface area contributed by atoms with E-state index in [0.717, 1.165) is 56.7 Å². The molecule has 0 radical (unpaired) electrons. The Hall–Kier alpha value is -3.01. The summed E-state index contributed by atoms with van der Waals surface area (Å²) in [5.41, 5.74) is 8.64. The Balaban J connectivity index is 1.52. The molecule has 10 heteroatoms. The summed E-state index contributed by atoms with van der Waals surface area (Å²) in [6, 6.07) is 2.08. The van der Waals surface area contributed by atoms with Gasteiger partial charge in [0.2, 0.25) is 5.95 Å². The van der Waals surface area contributed by atoms with Crippen molar-refractivity contribution in [2.24, 2.45) is 5.92 Å². The van der Waals surface area contributed by atoms with Gasteiger partial charge in [0.05, 0.1) is 18.5 Å². The summed E-state index contributed by atoms with van der Waals surface area (Å²) in [5, 5.41) is 4.42. The lowest BCUT2D eigenvalue weighted by molar-refractivity contribution is 0.280. The second-order valence-electron chi connectivity index (χ2n) is 9.41. The molecular weight excluding hydrogens is 435 g/mol. The minimum Gasteiger partial charge on any atom is -0.462 e. The van der Waals surface area contributed by atoms with E-state index < -0.39 is 5.95 Å². The molecule has 2 N–H and O–H groups in total. The van der Waals surface area contributed by atoms with Gasteiger partial charge in [0.1, 0.15) is 5.82 Å². The molecule has 0 aliphatic carbocycles. The Kier molecular flexibility index (Phi) is 7.45. The van der Waals surface area contributed by atoms with Crippen molar-refractivity contribution < 1.29 is 9.13 Å². The molecule has 4 rings (SSSR count). The number of hydrogen-bond acceptors (Lipinski definition) is 8. The highest BCUT2D eigenvalue weighted by atomic mass is 19.1. The lowest BCUT2D eigenvalue weighted by Crippen LogP contribution is -2.38. The average Bonchev–Trinajstić information content (AvgIpc) is 3.20. The highest BCUT2D eigenvalue weighted by molar-refractivity contribution is 5.60. The third-order valence-electron chi connectivity index (χ3n) is 6.29. The summed E-state index contributed by atoms with van der Waals surface area (Å²) in [6.45, 7) is 7.47. The molecule has 0 spiro atoms. The number of anilines is 2. The van der Waals surface area contributed by atoms with Gasteiger partial charge in [-0.2, -0.15) is 9.37 Å². The smallest absolute Gasteiger partial charge is 0.336 e. The molecule has 3 aromatic rings. The second-order valence-corrected chi connectivity index (χ2v) is 9.41. The molecule has 0 saturated carbocycles. The Morgan fingerprint density at radius 3 is 2.71 bits per heavy atom. The van der Waals surface area contributed by atoms with Crippen molar-refractivity contribution in [3.8, 4) is 6.01 Å². The van der Waals surface area contributed by atoms with Crippen LogP contribution in [0.4, 0.5) is 16.0 Å². The van der Waals surface area contributed by atoms with Crippen molar-refractivity contribution >= 4 is 17.3 Å². The van der Waals surface area contributed by atoms with E-state index >= 15 is 4.39 Å². The summed E-state index contributed by atoms with van der Waals surface area (Å²) in [5.74, 6) is 1.18. The Labute approximate surface area is 200 Å². The molecule has 0 amide bonds. The molecule has 34 heavy (non-hydrogen) atoms. The molecule has 0 bridgehead atoms. The maximum absolute atomic E-state index is 15.1. The highest BCUT2D eigenvalue weighted by Crippen LogP contribution is 2.27. The number of nitrogens with zero attached hydrogens (tertiary/aromatic N) is 7. The monoisotopic (exact) mass is 470 g/mol. The summed E-state index contributed by atoms with van der Waals surface area (Å²) in [7, 11) is 4.22. The zero-order chi connectivity index (χ0) is 24.2. The van der Waals surface area contributed by atoms with Crippen molar-refractivity contribution in [1.82, 2.24) is 29.5 Å². The van der Waals surface area contributed by atoms with E-state index in [1.54, 1.807) is 10.7 Å². The molecule has 4 heterocycles. The van der Waals surface area contributed by atoms with Crippen LogP contribution in [-0.4, -0.2) is 69.8 Å². The SMILES string of the molecule is CCCCOc1nc(N)c2ncc(Cc3cc(C)c(N4CCC(CN(C)C)CC4)nc3F)n2n1. The topological polar surface area (TPSA) is 97.7 Å². The van der Waals surface area contributed by atoms with E-state index in [-0.39, 0.29) is 18.2 Å². The molecule has 1 saturated heterocycles. The number of nitrogens with two attached hydrogens (primary N) is 1. The van der Waals surface area contributed by atoms with Gasteiger partial charge in [-0.15, -0.1) is 5.10 Å². The van der Waals surface area contributed by atoms with Gasteiger partial charge in [0.15, 0.2) is 11.5 Å². The predicted molar refractivity (Wildman–Crippen MR) is 131 cm³/mol. The lowest BCUT2D eigenvalue weighted by atomic mass is 9.96. The van der Waals surface area contributed by atoms with Crippen LogP contribution >= 0.6 is 0 Å². The van der Waals surface area contributed by atoms with Gasteiger partial charge in [-0.3, -0.25) is 0 Å². The van der Waals surface area contributed by atoms with Crippen molar-refractivity contribution in [3.63, 3.8) is 0 Å². The number of pyridine rings is 1. The Morgan fingerprint density at radius 1 is 1.24 bits per heavy atom. The van der Waals surface area contributed by atoms with Crippen molar-refractivity contribution in [1.29, 1.82) is 0 Å². The fraction of sp³-hybridized carbons (Fsp3) is 0.583. The van der Waals surface area contributed by atoms with E-state index in [2.05, 4.69) is 50.9 Å². The molecule has 0 atom stereocenters. The van der Waals surface area contributed by atoms with E-state index in [1.807, 2.05) is 13.0 Å². The number of ether oxygens (including phenoxy) is 1. The number of unbranched alkanes of at least 4 members (excludes halogenated alkanes) is 1. The number of piperidine rings is 1. The minimum absolute atomic E-state index is 0.195. The molecular formula is C24H35FN8O. The van der Waals surface area contributed by atoms with Gasteiger partial charge in [-0.05, 0) is 57.8 Å². The molecule has 1 aliphatic heterocycles. The van der Waals surface area contributed by atoms with Crippen LogP contribution in [0.1, 0.15) is 49.4 Å². The Bertz CT molecular complexity index is 1120. The Morgan fingerprint density at radius 2 is 2.00 bits per heavy atom. The lowest BCUT2D eigenvalue weighted by Gasteiger charge is -2.34. The fourth-order valence-corrected chi connectivity index (χ4v) is 4.54. The summed E-state index contributed by atoms with van der Waals surface area (Å²) >= 11 is 0. The summed E-state index contributed by atoms with van der Waals surface area (Å²) < 4.78 is 22.3. The average molecular weight is 471 g/mol. The highest BCUT2D eigenvalue weighted by Gasteiger charge is 2.23. The van der Waals surface area contributed by atoms with Crippen LogP contribution in [-0.2, 0) is 6.42 Å². The number of imidazole rings is 1. The first kappa shape index (κ1) is 24.1. The van der Waals surface area contributed by atoms with Gasteiger partial charge in [-0.25, -0.2) is 14.5 Å². The van der Waals surface area contributed by atoms with Gasteiger partial charge in [-0.1, -0.05) is 13.3 Å². The minimum atomic E-state index is -0.465. The predicted octanol–water partition coefficient (Wildman–Crippen LogP) is 3.10. The van der Waals surface area contributed by atoms with Crippen LogP contribution in [0.15, 0.2) is 12.3 Å². The van der Waals surface area contributed by atoms with Crippen LogP contribution in [0.5, 0.6) is 6.01 Å². The van der Waals surface area contributed by atoms with E-state index in [0.29, 0.717) is 29.4 Å². The molecule has 184 valence electrons. The van der Waals surface area contributed by atoms with Crippen LogP contribution in [0.3, 0.4) is 0 Å². The first-order valence-corrected chi connectivity index (χ1v) is 12.0. The second kappa shape index (κ2) is 10.5. The maximum Gasteiger partial charge on any atom is 0.336 e. The van der Waals surface area contributed by atoms with Crippen LogP contribution in [0.2, 0.25) is 0 Å². The summed E-state index contributed by atoms with van der Waals surface area (Å²) in [4.78, 5) is 17.3. The first-order chi connectivity index (χ1) is 16.4. The van der Waals surface area contributed by atoms with Gasteiger partial charge in [0.25, 0.3) is 0 Å². The van der Waals surface area contributed by atoms with Crippen LogP contribution in [0, 0.1) is 18.8 Å². The number of halogens is 1. The zero-order valence-electron chi connectivity index (χ0n) is 20.6. The van der Waals surface area contributed by atoms with Crippen molar-refractivity contribution in [2.45, 2.75) is 46.0 Å². The number of aromatic nitrogens is 5. The van der Waals surface area contributed by atoms with Gasteiger partial charge < -0.3 is 20.3 Å². The van der Waals surface area contributed by atoms with Gasteiger partial charge >= 0.3 is 6.01 Å². The molecule has 0 unspecified atom stereocenters. The molecule has 1 fully saturated rings. The van der Waals surface area contributed by atoms with Crippen LogP contribution in [0.25, 0.3) is 5.65 Å². The molecule has 1 aliphatic rings. The number of hydrogen-bond donors (Lipinski definition) is 1. The quantitative estimate of drug-likeness (QED) is 0.376. The third-order valence-corrected chi connectivity index (χ3v) is 6.29. The first-order valence-electron chi connectivity index (χ1n) is 12.0. The molecule has 9 nitrogen and oxygen atoms in total. The fourth-order valence-electron chi connectivity index (χ4n) is 4.54. The van der Waals surface area contributed by atoms with Crippen molar-refractivity contribution in [3.05, 3.63) is 35.0 Å². The normalized spacial score (nSPS) is 14.9. The van der Waals surface area contributed by atoms with Crippen molar-refractivity contribution in [2.75, 3.05) is 51.0 Å². The standard InChI is InChI=1S/C24H35FN8O/c1-5-6-11-34-24-29-21(26)23-27-14-19(33(23)30-24)13-18-12-16(2)22(28-20(18)25)32-9-7-17(8-10-32)15-31(3)4/h12,14,17H,5-11,13,15H2,1-4H3,(H2,26,29,30). The molecule has 3 aromatic heterocycles. The number of fused-ring (bicyclic) bond motifs is 1. The van der Waals surface area contributed by atoms with Crippen LogP contribution < -0.4 is 15.4 Å². The summed E-state index contributed by atoms with van der Waals surface area (Å²) in [6.07, 6.45) is 6.02. The zero-order valence-corrected chi connectivity index (χ0v) is 20.6. The maximum atomic E-state index is 15.1. The number of nitrogen functional groups attached to an aromatic ring is 1. The number of aryl methyl sites for hydroxylation is 1. The third kappa shape index (κ3) is 5.38. The largest absolute Gasteiger partial charge is 0.462 e.